The summed E-state index contributed by atoms with van der Waals surface area (Å²) >= 11 is 0. The number of pyridine rings is 1. The number of nitrogens with zero attached hydrogens (tertiary/aromatic N) is 3. The van der Waals surface area contributed by atoms with Crippen LogP contribution in [0.1, 0.15) is 18.9 Å². The van der Waals surface area contributed by atoms with Crippen LogP contribution in [0.25, 0.3) is 10.9 Å². The molecule has 0 aliphatic heterocycles. The van der Waals surface area contributed by atoms with Gasteiger partial charge in [0.15, 0.2) is 0 Å². The highest BCUT2D eigenvalue weighted by Crippen LogP contribution is 2.18. The minimum atomic E-state index is 0.258. The van der Waals surface area contributed by atoms with Gasteiger partial charge < -0.3 is 0 Å². The van der Waals surface area contributed by atoms with Crippen LogP contribution in [0.3, 0.4) is 0 Å². The van der Waals surface area contributed by atoms with Crippen molar-refractivity contribution in [3.8, 4) is 6.07 Å². The standard InChI is InChI=1S/C15H17N3/c1-12(8-9-16)18(2)11-14-6-3-5-13-7-4-10-17-15(13)14/h3-7,10,12H,8,11H2,1-2H3. The summed E-state index contributed by atoms with van der Waals surface area (Å²) in [5.74, 6) is 0. The van der Waals surface area contributed by atoms with Gasteiger partial charge in [0, 0.05) is 24.2 Å². The molecular formula is C15H17N3. The van der Waals surface area contributed by atoms with E-state index in [2.05, 4.69) is 47.1 Å². The fraction of sp³-hybridized carbons (Fsp3) is 0.333. The molecule has 1 aromatic carbocycles. The lowest BCUT2D eigenvalue weighted by molar-refractivity contribution is 0.253. The molecule has 3 nitrogen and oxygen atoms in total. The summed E-state index contributed by atoms with van der Waals surface area (Å²) in [5, 5.41) is 9.90. The molecule has 0 radical (unpaired) electrons. The Hall–Kier alpha value is -1.92. The third kappa shape index (κ3) is 2.66. The van der Waals surface area contributed by atoms with Crippen LogP contribution in [0.4, 0.5) is 0 Å². The second-order valence-corrected chi connectivity index (χ2v) is 4.62. The van der Waals surface area contributed by atoms with Crippen LogP contribution in [0.2, 0.25) is 0 Å². The normalized spacial score (nSPS) is 12.6. The zero-order chi connectivity index (χ0) is 13.0. The van der Waals surface area contributed by atoms with Gasteiger partial charge in [-0.05, 0) is 25.6 Å². The van der Waals surface area contributed by atoms with Gasteiger partial charge >= 0.3 is 0 Å². The van der Waals surface area contributed by atoms with Crippen LogP contribution < -0.4 is 0 Å². The summed E-state index contributed by atoms with van der Waals surface area (Å²) in [6, 6.07) is 12.7. The lowest BCUT2D eigenvalue weighted by atomic mass is 10.1. The first-order valence-corrected chi connectivity index (χ1v) is 6.12. The van der Waals surface area contributed by atoms with Crippen molar-refractivity contribution in [1.82, 2.24) is 9.88 Å². The smallest absolute Gasteiger partial charge is 0.0746 e. The molecule has 2 rings (SSSR count). The van der Waals surface area contributed by atoms with Gasteiger partial charge in [0.2, 0.25) is 0 Å². The zero-order valence-electron chi connectivity index (χ0n) is 10.8. The Morgan fingerprint density at radius 3 is 2.89 bits per heavy atom. The molecule has 0 N–H and O–H groups in total. The molecule has 0 bridgehead atoms. The molecule has 0 saturated heterocycles. The van der Waals surface area contributed by atoms with Crippen molar-refractivity contribution in [3.63, 3.8) is 0 Å². The summed E-state index contributed by atoms with van der Waals surface area (Å²) in [5.41, 5.74) is 2.26. The third-order valence-corrected chi connectivity index (χ3v) is 3.28. The van der Waals surface area contributed by atoms with Crippen molar-refractivity contribution >= 4 is 10.9 Å². The van der Waals surface area contributed by atoms with Crippen LogP contribution in [-0.4, -0.2) is 23.0 Å². The van der Waals surface area contributed by atoms with Gasteiger partial charge in [-0.25, -0.2) is 0 Å². The van der Waals surface area contributed by atoms with Crippen LogP contribution in [0.5, 0.6) is 0 Å². The van der Waals surface area contributed by atoms with Gasteiger partial charge in [-0.1, -0.05) is 24.3 Å². The Balaban J connectivity index is 2.24. The summed E-state index contributed by atoms with van der Waals surface area (Å²) in [6.07, 6.45) is 2.37. The monoisotopic (exact) mass is 239 g/mol. The zero-order valence-corrected chi connectivity index (χ0v) is 10.8. The average molecular weight is 239 g/mol. The van der Waals surface area contributed by atoms with Gasteiger partial charge in [0.25, 0.3) is 0 Å². The number of rotatable bonds is 4. The van der Waals surface area contributed by atoms with Gasteiger partial charge in [-0.15, -0.1) is 0 Å². The highest BCUT2D eigenvalue weighted by atomic mass is 15.1. The number of nitriles is 1. The first kappa shape index (κ1) is 12.5. The van der Waals surface area contributed by atoms with Crippen molar-refractivity contribution < 1.29 is 0 Å². The summed E-state index contributed by atoms with van der Waals surface area (Å²) in [4.78, 5) is 6.64. The van der Waals surface area contributed by atoms with Crippen molar-refractivity contribution in [2.24, 2.45) is 0 Å². The Labute approximate surface area is 108 Å². The van der Waals surface area contributed by atoms with Crippen LogP contribution >= 0.6 is 0 Å². The Morgan fingerprint density at radius 2 is 2.11 bits per heavy atom. The van der Waals surface area contributed by atoms with E-state index in [1.165, 1.54) is 5.56 Å². The Kier molecular flexibility index (Phi) is 3.91. The summed E-state index contributed by atoms with van der Waals surface area (Å²) in [6.45, 7) is 2.89. The second kappa shape index (κ2) is 5.61. The molecule has 3 heteroatoms. The van der Waals surface area contributed by atoms with Crippen molar-refractivity contribution in [3.05, 3.63) is 42.1 Å². The number of fused-ring (bicyclic) bond motifs is 1. The molecule has 0 aliphatic carbocycles. The maximum absolute atomic E-state index is 8.73. The fourth-order valence-corrected chi connectivity index (χ4v) is 2.01. The molecule has 0 spiro atoms. The third-order valence-electron chi connectivity index (χ3n) is 3.28. The number of hydrogen-bond donors (Lipinski definition) is 0. The molecule has 0 aliphatic rings. The summed E-state index contributed by atoms with van der Waals surface area (Å²) < 4.78 is 0. The van der Waals surface area contributed by atoms with E-state index in [1.807, 2.05) is 19.3 Å². The van der Waals surface area contributed by atoms with E-state index in [9.17, 15) is 0 Å². The number of benzene rings is 1. The molecular weight excluding hydrogens is 222 g/mol. The molecule has 18 heavy (non-hydrogen) atoms. The molecule has 1 atom stereocenters. The first-order chi connectivity index (χ1) is 8.72. The van der Waals surface area contributed by atoms with Gasteiger partial charge in [0.05, 0.1) is 18.0 Å². The SMILES string of the molecule is CC(CC#N)N(C)Cc1cccc2cccnc12. The molecule has 0 saturated carbocycles. The molecule has 2 aromatic rings. The van der Waals surface area contributed by atoms with E-state index in [4.69, 9.17) is 5.26 Å². The highest BCUT2D eigenvalue weighted by molar-refractivity contribution is 5.81. The topological polar surface area (TPSA) is 39.9 Å². The molecule has 1 aromatic heterocycles. The van der Waals surface area contributed by atoms with E-state index in [1.54, 1.807) is 0 Å². The number of hydrogen-bond acceptors (Lipinski definition) is 3. The summed E-state index contributed by atoms with van der Waals surface area (Å²) in [7, 11) is 2.05. The molecule has 0 fully saturated rings. The van der Waals surface area contributed by atoms with E-state index in [-0.39, 0.29) is 6.04 Å². The van der Waals surface area contributed by atoms with Crippen LogP contribution in [0.15, 0.2) is 36.5 Å². The Bertz CT molecular complexity index is 566. The van der Waals surface area contributed by atoms with Gasteiger partial charge in [-0.3, -0.25) is 9.88 Å². The van der Waals surface area contributed by atoms with Crippen molar-refractivity contribution in [1.29, 1.82) is 5.26 Å². The maximum atomic E-state index is 8.73. The van der Waals surface area contributed by atoms with E-state index in [0.717, 1.165) is 17.4 Å². The van der Waals surface area contributed by atoms with E-state index in [0.29, 0.717) is 6.42 Å². The van der Waals surface area contributed by atoms with Crippen molar-refractivity contribution in [2.45, 2.75) is 25.9 Å². The molecule has 0 amide bonds. The predicted molar refractivity (Wildman–Crippen MR) is 72.9 cm³/mol. The molecule has 1 unspecified atom stereocenters. The molecule has 92 valence electrons. The van der Waals surface area contributed by atoms with Crippen LogP contribution in [0, 0.1) is 11.3 Å². The lowest BCUT2D eigenvalue weighted by Gasteiger charge is -2.23. The fourth-order valence-electron chi connectivity index (χ4n) is 2.01. The predicted octanol–water partition coefficient (Wildman–Crippen LogP) is 2.97. The van der Waals surface area contributed by atoms with Crippen molar-refractivity contribution in [2.75, 3.05) is 7.05 Å². The van der Waals surface area contributed by atoms with Crippen LogP contribution in [-0.2, 0) is 6.54 Å². The lowest BCUT2D eigenvalue weighted by Crippen LogP contribution is -2.28. The van der Waals surface area contributed by atoms with E-state index >= 15 is 0 Å². The van der Waals surface area contributed by atoms with E-state index < -0.39 is 0 Å². The number of para-hydroxylation sites is 1. The minimum Gasteiger partial charge on any atom is -0.298 e. The highest BCUT2D eigenvalue weighted by Gasteiger charge is 2.11. The Morgan fingerprint density at radius 1 is 1.33 bits per heavy atom. The number of aromatic nitrogens is 1. The first-order valence-electron chi connectivity index (χ1n) is 6.12. The minimum absolute atomic E-state index is 0.258. The van der Waals surface area contributed by atoms with Gasteiger partial charge in [-0.2, -0.15) is 5.26 Å². The average Bonchev–Trinajstić information content (AvgIpc) is 2.39. The molecule has 1 heterocycles. The maximum Gasteiger partial charge on any atom is 0.0746 e. The largest absolute Gasteiger partial charge is 0.298 e. The quantitative estimate of drug-likeness (QED) is 0.823. The second-order valence-electron chi connectivity index (χ2n) is 4.62. The van der Waals surface area contributed by atoms with Gasteiger partial charge in [0.1, 0.15) is 0 Å².